The van der Waals surface area contributed by atoms with Crippen molar-refractivity contribution in [2.75, 3.05) is 0 Å². The lowest BCUT2D eigenvalue weighted by Crippen LogP contribution is -2.11. The van der Waals surface area contributed by atoms with Crippen molar-refractivity contribution in [1.29, 1.82) is 0 Å². The molecule has 0 spiro atoms. The molecule has 1 aromatic heterocycles. The maximum Gasteiger partial charge on any atom is 0.337 e. The van der Waals surface area contributed by atoms with Crippen LogP contribution < -0.4 is 0 Å². The smallest absolute Gasteiger partial charge is 0.337 e. The average molecular weight is 406 g/mol. The molecule has 0 aliphatic rings. The Morgan fingerprint density at radius 2 is 1.74 bits per heavy atom. The number of rotatable bonds is 4. The summed E-state index contributed by atoms with van der Waals surface area (Å²) in [6.07, 6.45) is 0. The second kappa shape index (κ2) is 7.09. The summed E-state index contributed by atoms with van der Waals surface area (Å²) in [5.74, 6) is -3.14. The molecular weight excluding hydrogens is 393 g/mol. The summed E-state index contributed by atoms with van der Waals surface area (Å²) in [7, 11) is 0. The minimum Gasteiger partial charge on any atom is -0.478 e. The van der Waals surface area contributed by atoms with Crippen molar-refractivity contribution in [3.05, 3.63) is 62.2 Å². The fraction of sp³-hybridized carbons (Fsp3) is 0.105. The van der Waals surface area contributed by atoms with Gasteiger partial charge in [-0.05, 0) is 49.2 Å². The van der Waals surface area contributed by atoms with E-state index in [1.54, 1.807) is 19.2 Å². The summed E-state index contributed by atoms with van der Waals surface area (Å²) < 4.78 is 13.4. The van der Waals surface area contributed by atoms with Crippen molar-refractivity contribution in [2.24, 2.45) is 0 Å². The Hall–Kier alpha value is -2.77. The molecule has 1 heterocycles. The van der Waals surface area contributed by atoms with Crippen LogP contribution in [-0.4, -0.2) is 27.1 Å². The first-order valence-electron chi connectivity index (χ1n) is 7.72. The Morgan fingerprint density at radius 3 is 2.26 bits per heavy atom. The van der Waals surface area contributed by atoms with Crippen LogP contribution in [0.25, 0.3) is 22.4 Å². The van der Waals surface area contributed by atoms with Gasteiger partial charge >= 0.3 is 11.9 Å². The maximum absolute atomic E-state index is 13.4. The van der Waals surface area contributed by atoms with Gasteiger partial charge in [0, 0.05) is 16.5 Å². The Labute approximate surface area is 162 Å². The van der Waals surface area contributed by atoms with Crippen LogP contribution in [0.4, 0.5) is 4.39 Å². The summed E-state index contributed by atoms with van der Waals surface area (Å²) in [4.78, 5) is 28.3. The third-order valence-electron chi connectivity index (χ3n) is 4.05. The maximum atomic E-state index is 13.4. The van der Waals surface area contributed by atoms with E-state index in [1.807, 2.05) is 0 Å². The lowest BCUT2D eigenvalue weighted by molar-refractivity contribution is 0.0695. The standard InChI is InChI=1S/C19H13ClFNO4S/c1-8-5-12(11-4-3-10(21)6-13(11)20)16(19(25)26)17(15(8)18(23)24)14-7-27-9(2)22-14/h3-7H,1-2H3,(H,23,24)(H,25,26). The third-order valence-corrected chi connectivity index (χ3v) is 5.13. The van der Waals surface area contributed by atoms with E-state index in [0.29, 0.717) is 16.1 Å². The minimum absolute atomic E-state index is 0.00902. The molecule has 0 aliphatic heterocycles. The Bertz CT molecular complexity index is 1090. The molecule has 0 bridgehead atoms. The molecule has 0 saturated heterocycles. The van der Waals surface area contributed by atoms with E-state index in [4.69, 9.17) is 11.6 Å². The van der Waals surface area contributed by atoms with Gasteiger partial charge in [0.15, 0.2) is 0 Å². The number of carbonyl (C=O) groups is 2. The highest BCUT2D eigenvalue weighted by Crippen LogP contribution is 2.40. The largest absolute Gasteiger partial charge is 0.478 e. The van der Waals surface area contributed by atoms with Crippen molar-refractivity contribution in [1.82, 2.24) is 4.98 Å². The number of aromatic nitrogens is 1. The second-order valence-electron chi connectivity index (χ2n) is 5.85. The van der Waals surface area contributed by atoms with E-state index < -0.39 is 17.8 Å². The fourth-order valence-electron chi connectivity index (χ4n) is 2.97. The number of benzene rings is 2. The molecule has 3 rings (SSSR count). The van der Waals surface area contributed by atoms with Gasteiger partial charge in [0.1, 0.15) is 5.82 Å². The molecular formula is C19H13ClFNO4S. The second-order valence-corrected chi connectivity index (χ2v) is 7.32. The van der Waals surface area contributed by atoms with Crippen LogP contribution >= 0.6 is 22.9 Å². The highest BCUT2D eigenvalue weighted by Gasteiger charge is 2.28. The lowest BCUT2D eigenvalue weighted by atomic mass is 9.87. The summed E-state index contributed by atoms with van der Waals surface area (Å²) in [5.41, 5.74) is 0.740. The molecule has 3 aromatic rings. The van der Waals surface area contributed by atoms with Crippen molar-refractivity contribution >= 4 is 34.9 Å². The number of carboxylic acids is 2. The SMILES string of the molecule is Cc1nc(-c2c(C(=O)O)c(C)cc(-c3ccc(F)cc3Cl)c2C(=O)O)cs1. The minimum atomic E-state index is -1.33. The van der Waals surface area contributed by atoms with Gasteiger partial charge in [0.25, 0.3) is 0 Å². The molecule has 0 atom stereocenters. The summed E-state index contributed by atoms with van der Waals surface area (Å²) in [6.45, 7) is 3.31. The normalized spacial score (nSPS) is 10.8. The zero-order valence-electron chi connectivity index (χ0n) is 14.2. The van der Waals surface area contributed by atoms with Crippen LogP contribution in [-0.2, 0) is 0 Å². The number of nitrogens with zero attached hydrogens (tertiary/aromatic N) is 1. The molecule has 0 aliphatic carbocycles. The van der Waals surface area contributed by atoms with Crippen molar-refractivity contribution < 1.29 is 24.2 Å². The topological polar surface area (TPSA) is 87.5 Å². The van der Waals surface area contributed by atoms with E-state index >= 15 is 0 Å². The number of hydrogen-bond acceptors (Lipinski definition) is 4. The zero-order chi connectivity index (χ0) is 19.9. The number of carboxylic acid groups (broad SMARTS) is 2. The predicted octanol–water partition coefficient (Wildman–Crippen LogP) is 5.28. The molecule has 0 amide bonds. The van der Waals surface area contributed by atoms with Crippen LogP contribution in [0.1, 0.15) is 31.3 Å². The van der Waals surface area contributed by atoms with Crippen LogP contribution in [0.2, 0.25) is 5.02 Å². The summed E-state index contributed by atoms with van der Waals surface area (Å²) >= 11 is 7.42. The van der Waals surface area contributed by atoms with Crippen LogP contribution in [0.3, 0.4) is 0 Å². The number of thiazole rings is 1. The molecule has 0 unspecified atom stereocenters. The monoisotopic (exact) mass is 405 g/mol. The Balaban J connectivity index is 2.48. The van der Waals surface area contributed by atoms with E-state index in [-0.39, 0.29) is 33.0 Å². The van der Waals surface area contributed by atoms with E-state index in [0.717, 1.165) is 6.07 Å². The molecule has 5 nitrogen and oxygen atoms in total. The zero-order valence-corrected chi connectivity index (χ0v) is 15.8. The molecule has 0 radical (unpaired) electrons. The molecule has 2 aromatic carbocycles. The first-order valence-corrected chi connectivity index (χ1v) is 8.98. The highest BCUT2D eigenvalue weighted by atomic mass is 35.5. The molecule has 0 saturated carbocycles. The predicted molar refractivity (Wildman–Crippen MR) is 101 cm³/mol. The first-order chi connectivity index (χ1) is 12.7. The van der Waals surface area contributed by atoms with Gasteiger partial charge in [-0.3, -0.25) is 0 Å². The van der Waals surface area contributed by atoms with Crippen LogP contribution in [0.5, 0.6) is 0 Å². The number of aromatic carboxylic acids is 2. The number of hydrogen-bond donors (Lipinski definition) is 2. The molecule has 8 heteroatoms. The first kappa shape index (κ1) is 19.0. The molecule has 138 valence electrons. The number of halogens is 2. The Morgan fingerprint density at radius 1 is 1.07 bits per heavy atom. The fourth-order valence-corrected chi connectivity index (χ4v) is 3.84. The van der Waals surface area contributed by atoms with Gasteiger partial charge in [-0.2, -0.15) is 0 Å². The van der Waals surface area contributed by atoms with Crippen molar-refractivity contribution in [2.45, 2.75) is 13.8 Å². The van der Waals surface area contributed by atoms with Crippen molar-refractivity contribution in [3.8, 4) is 22.4 Å². The molecule has 2 N–H and O–H groups in total. The van der Waals surface area contributed by atoms with Gasteiger partial charge < -0.3 is 10.2 Å². The lowest BCUT2D eigenvalue weighted by Gasteiger charge is -2.17. The average Bonchev–Trinajstić information content (AvgIpc) is 2.99. The van der Waals surface area contributed by atoms with Crippen LogP contribution in [0, 0.1) is 19.7 Å². The number of aryl methyl sites for hydroxylation is 2. The summed E-state index contributed by atoms with van der Waals surface area (Å²) in [6, 6.07) is 5.06. The third kappa shape index (κ3) is 3.43. The van der Waals surface area contributed by atoms with Gasteiger partial charge in [-0.1, -0.05) is 11.6 Å². The van der Waals surface area contributed by atoms with Gasteiger partial charge in [-0.15, -0.1) is 11.3 Å². The Kier molecular flexibility index (Phi) is 4.99. The molecule has 0 fully saturated rings. The molecule has 27 heavy (non-hydrogen) atoms. The van der Waals surface area contributed by atoms with Gasteiger partial charge in [0.05, 0.1) is 26.9 Å². The van der Waals surface area contributed by atoms with E-state index in [2.05, 4.69) is 4.98 Å². The van der Waals surface area contributed by atoms with Crippen molar-refractivity contribution in [3.63, 3.8) is 0 Å². The van der Waals surface area contributed by atoms with E-state index in [1.165, 1.54) is 29.5 Å². The highest BCUT2D eigenvalue weighted by molar-refractivity contribution is 7.09. The van der Waals surface area contributed by atoms with Crippen LogP contribution in [0.15, 0.2) is 29.6 Å². The summed E-state index contributed by atoms with van der Waals surface area (Å²) in [5, 5.41) is 21.9. The van der Waals surface area contributed by atoms with Gasteiger partial charge in [0.2, 0.25) is 0 Å². The van der Waals surface area contributed by atoms with E-state index in [9.17, 15) is 24.2 Å². The quantitative estimate of drug-likeness (QED) is 0.616. The van der Waals surface area contributed by atoms with Gasteiger partial charge in [-0.25, -0.2) is 19.0 Å².